The van der Waals surface area contributed by atoms with Crippen molar-refractivity contribution in [1.29, 1.82) is 0 Å². The van der Waals surface area contributed by atoms with Crippen LogP contribution < -0.4 is 0 Å². The number of benzene rings is 1. The van der Waals surface area contributed by atoms with E-state index in [2.05, 4.69) is 0 Å². The number of rotatable bonds is 9. The molecule has 0 bridgehead atoms. The smallest absolute Gasteiger partial charge is 0.290 e. The van der Waals surface area contributed by atoms with Gasteiger partial charge in [-0.1, -0.05) is 42.5 Å². The molecule has 0 saturated carbocycles. The quantitative estimate of drug-likeness (QED) is 0.500. The number of aliphatic hydroxyl groups excluding tert-OH is 2. The molecule has 1 aliphatic rings. The molecule has 1 aromatic carbocycles. The molecule has 2 aromatic rings. The first-order valence-corrected chi connectivity index (χ1v) is 9.75. The molecule has 6 nitrogen and oxygen atoms in total. The Balaban J connectivity index is 1.85. The zero-order valence-corrected chi connectivity index (χ0v) is 16.0. The molecule has 0 spiro atoms. The Morgan fingerprint density at radius 1 is 1.18 bits per heavy atom. The first-order chi connectivity index (χ1) is 13.6. The fraction of sp³-hybridized carbons (Fsp3) is 0.238. The lowest BCUT2D eigenvalue weighted by Gasteiger charge is -2.25. The van der Waals surface area contributed by atoms with Crippen LogP contribution in [0, 0.1) is 0 Å². The maximum Gasteiger partial charge on any atom is 0.290 e. The summed E-state index contributed by atoms with van der Waals surface area (Å²) in [4.78, 5) is 27.7. The van der Waals surface area contributed by atoms with Gasteiger partial charge in [0.1, 0.15) is 0 Å². The van der Waals surface area contributed by atoms with Gasteiger partial charge < -0.3 is 19.8 Å². The number of allylic oxidation sites excluding steroid dienone is 1. The molecular weight excluding hydrogens is 378 g/mol. The number of hydrogen-bond donors (Lipinski definition) is 2. The minimum atomic E-state index is -0.654. The SMILES string of the molecule is O=C(C=Cc1ccccc1)C1=C(O)C(=O)N(CCOCCO)C1c1cccs1. The molecule has 0 fully saturated rings. The molecule has 146 valence electrons. The van der Waals surface area contributed by atoms with Crippen molar-refractivity contribution in [3.8, 4) is 0 Å². The summed E-state index contributed by atoms with van der Waals surface area (Å²) in [6.45, 7) is 0.448. The highest BCUT2D eigenvalue weighted by molar-refractivity contribution is 7.10. The molecule has 1 atom stereocenters. The van der Waals surface area contributed by atoms with Crippen LogP contribution in [0.3, 0.4) is 0 Å². The normalized spacial score (nSPS) is 17.1. The van der Waals surface area contributed by atoms with Crippen LogP contribution in [0.5, 0.6) is 0 Å². The highest BCUT2D eigenvalue weighted by Gasteiger charge is 2.43. The van der Waals surface area contributed by atoms with Gasteiger partial charge in [-0.25, -0.2) is 0 Å². The molecule has 1 aromatic heterocycles. The Kier molecular flexibility index (Phi) is 6.76. The number of aliphatic hydroxyl groups is 2. The van der Waals surface area contributed by atoms with Gasteiger partial charge in [-0.15, -0.1) is 11.3 Å². The number of thiophene rings is 1. The van der Waals surface area contributed by atoms with E-state index in [0.717, 1.165) is 10.4 Å². The highest BCUT2D eigenvalue weighted by atomic mass is 32.1. The zero-order valence-electron chi connectivity index (χ0n) is 15.2. The maximum absolute atomic E-state index is 12.9. The van der Waals surface area contributed by atoms with Crippen molar-refractivity contribution in [1.82, 2.24) is 4.90 Å². The molecule has 2 N–H and O–H groups in total. The largest absolute Gasteiger partial charge is 0.503 e. The lowest BCUT2D eigenvalue weighted by Crippen LogP contribution is -2.33. The number of carbonyl (C=O) groups excluding carboxylic acids is 2. The van der Waals surface area contributed by atoms with E-state index in [9.17, 15) is 14.7 Å². The molecule has 1 aliphatic heterocycles. The van der Waals surface area contributed by atoms with E-state index in [1.54, 1.807) is 6.08 Å². The van der Waals surface area contributed by atoms with Gasteiger partial charge in [0.2, 0.25) is 0 Å². The van der Waals surface area contributed by atoms with Crippen molar-refractivity contribution in [2.75, 3.05) is 26.4 Å². The second-order valence-corrected chi connectivity index (χ2v) is 7.10. The topological polar surface area (TPSA) is 87.1 Å². The fourth-order valence-electron chi connectivity index (χ4n) is 3.03. The van der Waals surface area contributed by atoms with Gasteiger partial charge in [-0.05, 0) is 23.1 Å². The average molecular weight is 399 g/mol. The molecule has 0 saturated heterocycles. The van der Waals surface area contributed by atoms with Crippen LogP contribution in [0.4, 0.5) is 0 Å². The van der Waals surface area contributed by atoms with E-state index in [1.165, 1.54) is 22.3 Å². The van der Waals surface area contributed by atoms with Gasteiger partial charge in [-0.2, -0.15) is 0 Å². The van der Waals surface area contributed by atoms with Crippen LogP contribution in [-0.4, -0.2) is 53.2 Å². The molecule has 28 heavy (non-hydrogen) atoms. The minimum absolute atomic E-state index is 0.0711. The third-order valence-electron chi connectivity index (χ3n) is 4.32. The van der Waals surface area contributed by atoms with Crippen LogP contribution in [0.25, 0.3) is 6.08 Å². The average Bonchev–Trinajstić information content (AvgIpc) is 3.32. The van der Waals surface area contributed by atoms with Crippen LogP contribution in [-0.2, 0) is 14.3 Å². The molecule has 3 rings (SSSR count). The Bertz CT molecular complexity index is 873. The summed E-state index contributed by atoms with van der Waals surface area (Å²) in [5, 5.41) is 21.1. The maximum atomic E-state index is 12.9. The van der Waals surface area contributed by atoms with Crippen molar-refractivity contribution in [2.24, 2.45) is 0 Å². The molecule has 2 heterocycles. The van der Waals surface area contributed by atoms with Crippen LogP contribution in [0.1, 0.15) is 16.5 Å². The number of carbonyl (C=O) groups is 2. The summed E-state index contributed by atoms with van der Waals surface area (Å²) in [7, 11) is 0. The predicted octanol–water partition coefficient (Wildman–Crippen LogP) is 2.73. The van der Waals surface area contributed by atoms with E-state index in [-0.39, 0.29) is 31.9 Å². The lowest BCUT2D eigenvalue weighted by molar-refractivity contribution is -0.130. The van der Waals surface area contributed by atoms with E-state index in [0.29, 0.717) is 0 Å². The van der Waals surface area contributed by atoms with E-state index < -0.39 is 23.5 Å². The summed E-state index contributed by atoms with van der Waals surface area (Å²) in [5.74, 6) is -1.53. The summed E-state index contributed by atoms with van der Waals surface area (Å²) in [6, 6.07) is 12.3. The van der Waals surface area contributed by atoms with Crippen molar-refractivity contribution in [2.45, 2.75) is 6.04 Å². The zero-order chi connectivity index (χ0) is 19.9. The first-order valence-electron chi connectivity index (χ1n) is 8.87. The molecule has 1 unspecified atom stereocenters. The molecule has 0 aliphatic carbocycles. The number of hydrogen-bond acceptors (Lipinski definition) is 6. The Labute approximate surface area is 167 Å². The number of ketones is 1. The molecular formula is C21H21NO5S. The summed E-state index contributed by atoms with van der Waals surface area (Å²) in [5.41, 5.74) is 0.920. The van der Waals surface area contributed by atoms with Crippen molar-refractivity contribution in [3.63, 3.8) is 0 Å². The van der Waals surface area contributed by atoms with Crippen molar-refractivity contribution < 1.29 is 24.5 Å². The first kappa shape index (κ1) is 20.0. The van der Waals surface area contributed by atoms with E-state index >= 15 is 0 Å². The van der Waals surface area contributed by atoms with E-state index in [1.807, 2.05) is 47.8 Å². The number of amides is 1. The van der Waals surface area contributed by atoms with Crippen molar-refractivity contribution >= 4 is 29.1 Å². The lowest BCUT2D eigenvalue weighted by atomic mass is 10.0. The third-order valence-corrected chi connectivity index (χ3v) is 5.25. The highest BCUT2D eigenvalue weighted by Crippen LogP contribution is 2.39. The van der Waals surface area contributed by atoms with Crippen LogP contribution in [0.2, 0.25) is 0 Å². The van der Waals surface area contributed by atoms with Gasteiger partial charge in [0, 0.05) is 11.4 Å². The number of nitrogens with zero attached hydrogens (tertiary/aromatic N) is 1. The Hall–Kier alpha value is -2.74. The monoisotopic (exact) mass is 399 g/mol. The van der Waals surface area contributed by atoms with Gasteiger partial charge in [0.25, 0.3) is 5.91 Å². The van der Waals surface area contributed by atoms with Crippen LogP contribution >= 0.6 is 11.3 Å². The van der Waals surface area contributed by atoms with Gasteiger partial charge in [-0.3, -0.25) is 9.59 Å². The molecule has 1 amide bonds. The fourth-order valence-corrected chi connectivity index (χ4v) is 3.88. The summed E-state index contributed by atoms with van der Waals surface area (Å²) >= 11 is 1.41. The molecule has 0 radical (unpaired) electrons. The standard InChI is InChI=1S/C21H21NO5S/c23-11-13-27-12-10-22-19(17-7-4-14-28-17)18(20(25)21(22)26)16(24)9-8-15-5-2-1-3-6-15/h1-9,14,19,23,25H,10-13H2. The van der Waals surface area contributed by atoms with E-state index in [4.69, 9.17) is 9.84 Å². The third kappa shape index (κ3) is 4.39. The Morgan fingerprint density at radius 2 is 1.96 bits per heavy atom. The minimum Gasteiger partial charge on any atom is -0.503 e. The predicted molar refractivity (Wildman–Crippen MR) is 107 cm³/mol. The summed E-state index contributed by atoms with van der Waals surface area (Å²) < 4.78 is 5.26. The molecule has 7 heteroatoms. The van der Waals surface area contributed by atoms with Gasteiger partial charge in [0.05, 0.1) is 31.4 Å². The second-order valence-electron chi connectivity index (χ2n) is 6.12. The van der Waals surface area contributed by atoms with Crippen molar-refractivity contribution in [3.05, 3.63) is 75.7 Å². The second kappa shape index (κ2) is 9.45. The summed E-state index contributed by atoms with van der Waals surface area (Å²) in [6.07, 6.45) is 3.03. The van der Waals surface area contributed by atoms with Gasteiger partial charge >= 0.3 is 0 Å². The van der Waals surface area contributed by atoms with Gasteiger partial charge in [0.15, 0.2) is 11.5 Å². The Morgan fingerprint density at radius 3 is 2.64 bits per heavy atom. The number of ether oxygens (including phenoxy) is 1. The van der Waals surface area contributed by atoms with Crippen LogP contribution in [0.15, 0.2) is 65.3 Å².